The lowest BCUT2D eigenvalue weighted by molar-refractivity contribution is 0.427. The molecule has 0 unspecified atom stereocenters. The second-order valence-corrected chi connectivity index (χ2v) is 16.6. The summed E-state index contributed by atoms with van der Waals surface area (Å²) in [6.07, 6.45) is 23.1. The second-order valence-electron chi connectivity index (χ2n) is 12.0. The molecule has 1 heteroatoms. The number of hydrogen-bond donors (Lipinski definition) is 0. The Bertz CT molecular complexity index is 326. The molecule has 33 heavy (non-hydrogen) atoms. The van der Waals surface area contributed by atoms with Crippen LogP contribution in [0.4, 0.5) is 0 Å². The van der Waals surface area contributed by atoms with Crippen LogP contribution in [0.3, 0.4) is 0 Å². The molecule has 0 spiro atoms. The minimum Gasteiger partial charge on any atom is -0.0654 e. The molecule has 0 amide bonds. The van der Waals surface area contributed by atoms with Gasteiger partial charge in [-0.2, -0.15) is 0 Å². The van der Waals surface area contributed by atoms with Gasteiger partial charge in [-0.3, -0.25) is 0 Å². The SMILES string of the molecule is CCCC[C@@H](CC)C[Si](C[C@H](CC)CCCC)(C[C@@H](CC)CCCC)C[C@@H](CC)CCCC. The van der Waals surface area contributed by atoms with E-state index in [0.717, 1.165) is 23.7 Å². The third-order valence-electron chi connectivity index (χ3n) is 9.06. The maximum absolute atomic E-state index is 2.51. The highest BCUT2D eigenvalue weighted by atomic mass is 28.3. The number of rotatable bonds is 24. The standard InChI is InChI=1S/C32H68Si/c1-9-17-21-29(13-5)25-33(26-30(14-6)22-18-10-2,27-31(15-7)23-19-11-3)28-32(16-8)24-20-12-4/h29-32H,9-28H2,1-8H3/t29-,30-,31+,32+. The van der Waals surface area contributed by atoms with Gasteiger partial charge in [0.1, 0.15) is 0 Å². The molecule has 0 N–H and O–H groups in total. The van der Waals surface area contributed by atoms with E-state index in [-0.39, 0.29) is 0 Å². The van der Waals surface area contributed by atoms with Crippen molar-refractivity contribution >= 4 is 8.07 Å². The average molecular weight is 481 g/mol. The van der Waals surface area contributed by atoms with Gasteiger partial charge in [0.15, 0.2) is 0 Å². The topological polar surface area (TPSA) is 0 Å². The third-order valence-corrected chi connectivity index (χ3v) is 14.8. The first-order chi connectivity index (χ1) is 16.0. The molecule has 0 saturated heterocycles. The van der Waals surface area contributed by atoms with E-state index in [1.54, 1.807) is 24.2 Å². The first-order valence-corrected chi connectivity index (χ1v) is 18.8. The maximum Gasteiger partial charge on any atom is 0.0546 e. The Morgan fingerprint density at radius 2 is 0.576 bits per heavy atom. The van der Waals surface area contributed by atoms with Crippen molar-refractivity contribution in [2.24, 2.45) is 23.7 Å². The fraction of sp³-hybridized carbons (Fsp3) is 1.00. The molecule has 0 aliphatic carbocycles. The van der Waals surface area contributed by atoms with Crippen LogP contribution < -0.4 is 0 Å². The van der Waals surface area contributed by atoms with Crippen LogP contribution in [0.5, 0.6) is 0 Å². The number of hydrogen-bond acceptors (Lipinski definition) is 0. The van der Waals surface area contributed by atoms with E-state index in [9.17, 15) is 0 Å². The molecule has 200 valence electrons. The summed E-state index contributed by atoms with van der Waals surface area (Å²) in [7, 11) is -1.33. The zero-order valence-electron chi connectivity index (χ0n) is 25.0. The van der Waals surface area contributed by atoms with Crippen molar-refractivity contribution in [3.8, 4) is 0 Å². The van der Waals surface area contributed by atoms with Crippen molar-refractivity contribution < 1.29 is 0 Å². The van der Waals surface area contributed by atoms with Crippen LogP contribution in [0.15, 0.2) is 0 Å². The Morgan fingerprint density at radius 3 is 0.727 bits per heavy atom. The van der Waals surface area contributed by atoms with E-state index in [0.29, 0.717) is 0 Å². The lowest BCUT2D eigenvalue weighted by atomic mass is 10.0. The largest absolute Gasteiger partial charge is 0.0654 e. The van der Waals surface area contributed by atoms with Crippen molar-refractivity contribution in [3.05, 3.63) is 0 Å². The zero-order chi connectivity index (χ0) is 25.0. The number of unbranched alkanes of at least 4 members (excludes halogenated alkanes) is 4. The minimum absolute atomic E-state index is 1.01. The molecule has 0 radical (unpaired) electrons. The van der Waals surface area contributed by atoms with Crippen LogP contribution in [0, 0.1) is 23.7 Å². The van der Waals surface area contributed by atoms with Crippen LogP contribution in [-0.2, 0) is 0 Å². The van der Waals surface area contributed by atoms with Gasteiger partial charge in [-0.1, -0.05) is 182 Å². The van der Waals surface area contributed by atoms with E-state index in [1.165, 1.54) is 103 Å². The summed E-state index contributed by atoms with van der Waals surface area (Å²) in [5.41, 5.74) is 0. The highest BCUT2D eigenvalue weighted by Crippen LogP contribution is 2.44. The summed E-state index contributed by atoms with van der Waals surface area (Å²) in [5.74, 6) is 4.03. The molecule has 0 aromatic heterocycles. The van der Waals surface area contributed by atoms with Crippen LogP contribution in [-0.4, -0.2) is 8.07 Å². The maximum atomic E-state index is 2.51. The van der Waals surface area contributed by atoms with Gasteiger partial charge in [0.2, 0.25) is 0 Å². The Morgan fingerprint density at radius 1 is 0.364 bits per heavy atom. The Balaban J connectivity index is 6.06. The van der Waals surface area contributed by atoms with Crippen molar-refractivity contribution in [2.45, 2.75) is 182 Å². The monoisotopic (exact) mass is 481 g/mol. The first-order valence-electron chi connectivity index (χ1n) is 16.0. The van der Waals surface area contributed by atoms with Crippen molar-refractivity contribution in [1.82, 2.24) is 0 Å². The normalized spacial score (nSPS) is 16.0. The third kappa shape index (κ3) is 15.0. The highest BCUT2D eigenvalue weighted by Gasteiger charge is 2.39. The second kappa shape index (κ2) is 21.5. The highest BCUT2D eigenvalue weighted by molar-refractivity contribution is 6.80. The molecule has 0 aliphatic heterocycles. The van der Waals surface area contributed by atoms with E-state index in [4.69, 9.17) is 0 Å². The summed E-state index contributed by atoms with van der Waals surface area (Å²) < 4.78 is 0. The summed E-state index contributed by atoms with van der Waals surface area (Å²) in [4.78, 5) is 0. The summed E-state index contributed by atoms with van der Waals surface area (Å²) in [6, 6.07) is 6.66. The molecule has 0 heterocycles. The summed E-state index contributed by atoms with van der Waals surface area (Å²) in [6.45, 7) is 19.6. The Kier molecular flexibility index (Phi) is 21.6. The predicted molar refractivity (Wildman–Crippen MR) is 158 cm³/mol. The quantitative estimate of drug-likeness (QED) is 0.120. The lowest BCUT2D eigenvalue weighted by Gasteiger charge is -2.42. The van der Waals surface area contributed by atoms with Crippen LogP contribution in [0.2, 0.25) is 24.2 Å². The molecular formula is C32H68Si. The molecule has 4 atom stereocenters. The molecule has 0 saturated carbocycles. The summed E-state index contributed by atoms with van der Waals surface area (Å²) >= 11 is 0. The molecule has 0 aromatic carbocycles. The first kappa shape index (κ1) is 33.2. The minimum atomic E-state index is -1.33. The van der Waals surface area contributed by atoms with Gasteiger partial charge < -0.3 is 0 Å². The average Bonchev–Trinajstić information content (AvgIpc) is 2.84. The van der Waals surface area contributed by atoms with Crippen LogP contribution in [0.25, 0.3) is 0 Å². The predicted octanol–water partition coefficient (Wildman–Crippen LogP) is 12.3. The molecule has 0 aliphatic rings. The smallest absolute Gasteiger partial charge is 0.0546 e. The molecule has 0 aromatic rings. The van der Waals surface area contributed by atoms with E-state index >= 15 is 0 Å². The van der Waals surface area contributed by atoms with Crippen molar-refractivity contribution in [1.29, 1.82) is 0 Å². The fourth-order valence-corrected chi connectivity index (χ4v) is 14.6. The van der Waals surface area contributed by atoms with Gasteiger partial charge in [0.25, 0.3) is 0 Å². The molecule has 0 bridgehead atoms. The summed E-state index contributed by atoms with van der Waals surface area (Å²) in [5, 5.41) is 0. The van der Waals surface area contributed by atoms with Gasteiger partial charge in [-0.15, -0.1) is 0 Å². The molecule has 0 nitrogen and oxygen atoms in total. The van der Waals surface area contributed by atoms with Gasteiger partial charge in [0, 0.05) is 0 Å². The Hall–Kier alpha value is 0.217. The molecular weight excluding hydrogens is 412 g/mol. The van der Waals surface area contributed by atoms with Gasteiger partial charge >= 0.3 is 0 Å². The molecule has 0 rings (SSSR count). The zero-order valence-corrected chi connectivity index (χ0v) is 26.0. The Labute approximate surface area is 213 Å². The van der Waals surface area contributed by atoms with Gasteiger partial charge in [-0.25, -0.2) is 0 Å². The fourth-order valence-electron chi connectivity index (χ4n) is 6.72. The van der Waals surface area contributed by atoms with E-state index in [2.05, 4.69) is 55.4 Å². The van der Waals surface area contributed by atoms with E-state index in [1.807, 2.05) is 0 Å². The van der Waals surface area contributed by atoms with Crippen LogP contribution >= 0.6 is 0 Å². The van der Waals surface area contributed by atoms with Crippen molar-refractivity contribution in [2.75, 3.05) is 0 Å². The van der Waals surface area contributed by atoms with Crippen molar-refractivity contribution in [3.63, 3.8) is 0 Å². The van der Waals surface area contributed by atoms with Gasteiger partial charge in [0.05, 0.1) is 8.07 Å². The lowest BCUT2D eigenvalue weighted by Crippen LogP contribution is -2.42. The van der Waals surface area contributed by atoms with Crippen LogP contribution in [0.1, 0.15) is 158 Å². The molecule has 0 fully saturated rings. The van der Waals surface area contributed by atoms with Gasteiger partial charge in [-0.05, 0) is 23.7 Å². The van der Waals surface area contributed by atoms with E-state index < -0.39 is 8.07 Å².